The van der Waals surface area contributed by atoms with E-state index in [4.69, 9.17) is 0 Å². The van der Waals surface area contributed by atoms with E-state index in [-0.39, 0.29) is 10.9 Å². The molecular formula is C17H22N6O2S. The first-order chi connectivity index (χ1) is 12.2. The van der Waals surface area contributed by atoms with Gasteiger partial charge in [0.25, 0.3) is 10.0 Å². The Morgan fingerprint density at radius 3 is 2.42 bits per heavy atom. The van der Waals surface area contributed by atoms with Crippen LogP contribution in [0.25, 0.3) is 11.4 Å². The van der Waals surface area contributed by atoms with Gasteiger partial charge in [0.05, 0.1) is 17.1 Å². The minimum atomic E-state index is -3.80. The fraction of sp³-hybridized carbons (Fsp3) is 0.353. The standard InChI is InChI=1S/C17H22N6O2S/c1-11(2)23-13(4)16(12(3)20-23)26(24,25)21-15-9-7-6-8-14(15)17-19-18-10-22(17)5/h6-11,21H,1-5H3. The number of benzene rings is 1. The van der Waals surface area contributed by atoms with Crippen LogP contribution in [0, 0.1) is 13.8 Å². The number of aromatic nitrogens is 5. The zero-order chi connectivity index (χ0) is 19.1. The Morgan fingerprint density at radius 2 is 1.85 bits per heavy atom. The van der Waals surface area contributed by atoms with Gasteiger partial charge in [-0.2, -0.15) is 5.10 Å². The monoisotopic (exact) mass is 374 g/mol. The number of nitrogens with zero attached hydrogens (tertiary/aromatic N) is 5. The first kappa shape index (κ1) is 18.1. The van der Waals surface area contributed by atoms with E-state index in [1.807, 2.05) is 27.0 Å². The van der Waals surface area contributed by atoms with E-state index in [0.29, 0.717) is 28.5 Å². The molecule has 0 amide bonds. The predicted molar refractivity (Wildman–Crippen MR) is 99.3 cm³/mol. The van der Waals surface area contributed by atoms with Crippen LogP contribution in [0.5, 0.6) is 0 Å². The van der Waals surface area contributed by atoms with Crippen molar-refractivity contribution in [2.75, 3.05) is 4.72 Å². The number of para-hydroxylation sites is 1. The van der Waals surface area contributed by atoms with E-state index in [1.54, 1.807) is 47.6 Å². The Balaban J connectivity index is 2.07. The number of hydrogen-bond acceptors (Lipinski definition) is 5. The topological polar surface area (TPSA) is 94.7 Å². The molecule has 9 heteroatoms. The molecule has 3 aromatic rings. The van der Waals surface area contributed by atoms with Crippen molar-refractivity contribution < 1.29 is 8.42 Å². The molecule has 0 fully saturated rings. The first-order valence-corrected chi connectivity index (χ1v) is 9.72. The lowest BCUT2D eigenvalue weighted by molar-refractivity contribution is 0.514. The lowest BCUT2D eigenvalue weighted by Crippen LogP contribution is -2.16. The molecule has 8 nitrogen and oxygen atoms in total. The number of nitrogens with one attached hydrogen (secondary N) is 1. The lowest BCUT2D eigenvalue weighted by Gasteiger charge is -2.13. The molecule has 0 spiro atoms. The largest absolute Gasteiger partial charge is 0.317 e. The van der Waals surface area contributed by atoms with Crippen LogP contribution in [0.15, 0.2) is 35.5 Å². The quantitative estimate of drug-likeness (QED) is 0.741. The average Bonchev–Trinajstić information content (AvgIpc) is 3.11. The molecule has 3 rings (SSSR count). The highest BCUT2D eigenvalue weighted by atomic mass is 32.2. The van der Waals surface area contributed by atoms with Crippen LogP contribution in [-0.2, 0) is 17.1 Å². The SMILES string of the molecule is Cc1nn(C(C)C)c(C)c1S(=O)(=O)Nc1ccccc1-c1nncn1C. The second-order valence-corrected chi connectivity index (χ2v) is 8.07. The van der Waals surface area contributed by atoms with Crippen LogP contribution < -0.4 is 4.72 Å². The smallest absolute Gasteiger partial charge is 0.265 e. The molecular weight excluding hydrogens is 352 g/mol. The second-order valence-electron chi connectivity index (χ2n) is 6.45. The summed E-state index contributed by atoms with van der Waals surface area (Å²) >= 11 is 0. The van der Waals surface area contributed by atoms with Gasteiger partial charge in [0, 0.05) is 18.7 Å². The maximum absolute atomic E-state index is 13.1. The molecule has 0 aliphatic carbocycles. The van der Waals surface area contributed by atoms with Gasteiger partial charge in [-0.3, -0.25) is 9.40 Å². The van der Waals surface area contributed by atoms with Crippen LogP contribution in [0.1, 0.15) is 31.3 Å². The summed E-state index contributed by atoms with van der Waals surface area (Å²) in [5, 5.41) is 12.3. The highest BCUT2D eigenvalue weighted by Gasteiger charge is 2.26. The van der Waals surface area contributed by atoms with Crippen molar-refractivity contribution in [3.63, 3.8) is 0 Å². The Morgan fingerprint density at radius 1 is 1.15 bits per heavy atom. The summed E-state index contributed by atoms with van der Waals surface area (Å²) in [6.45, 7) is 7.40. The highest BCUT2D eigenvalue weighted by molar-refractivity contribution is 7.92. The van der Waals surface area contributed by atoms with Crippen molar-refractivity contribution in [3.8, 4) is 11.4 Å². The molecule has 2 heterocycles. The molecule has 0 aliphatic rings. The third kappa shape index (κ3) is 3.10. The van der Waals surface area contributed by atoms with E-state index in [1.165, 1.54) is 0 Å². The summed E-state index contributed by atoms with van der Waals surface area (Å²) in [5.41, 5.74) is 2.18. The Kier molecular flexibility index (Phi) is 4.57. The Bertz CT molecular complexity index is 1050. The zero-order valence-corrected chi connectivity index (χ0v) is 16.2. The van der Waals surface area contributed by atoms with Crippen molar-refractivity contribution in [3.05, 3.63) is 42.0 Å². The summed E-state index contributed by atoms with van der Waals surface area (Å²) < 4.78 is 32.3. The van der Waals surface area contributed by atoms with Gasteiger partial charge in [-0.15, -0.1) is 10.2 Å². The van der Waals surface area contributed by atoms with Gasteiger partial charge >= 0.3 is 0 Å². The Hall–Kier alpha value is -2.68. The minimum absolute atomic E-state index is 0.0728. The normalized spacial score (nSPS) is 11.9. The highest BCUT2D eigenvalue weighted by Crippen LogP contribution is 2.30. The minimum Gasteiger partial charge on any atom is -0.317 e. The molecule has 2 aromatic heterocycles. The lowest BCUT2D eigenvalue weighted by atomic mass is 10.2. The fourth-order valence-corrected chi connectivity index (χ4v) is 4.51. The fourth-order valence-electron chi connectivity index (χ4n) is 3.03. The van der Waals surface area contributed by atoms with E-state index in [0.717, 1.165) is 0 Å². The summed E-state index contributed by atoms with van der Waals surface area (Å²) in [4.78, 5) is 0.207. The van der Waals surface area contributed by atoms with E-state index in [9.17, 15) is 8.42 Å². The molecule has 1 aromatic carbocycles. The van der Waals surface area contributed by atoms with Crippen LogP contribution in [0.2, 0.25) is 0 Å². The summed E-state index contributed by atoms with van der Waals surface area (Å²) in [5.74, 6) is 0.578. The predicted octanol–water partition coefficient (Wildman–Crippen LogP) is 2.68. The zero-order valence-electron chi connectivity index (χ0n) is 15.4. The van der Waals surface area contributed by atoms with Gasteiger partial charge in [0.1, 0.15) is 11.2 Å². The number of hydrogen-bond donors (Lipinski definition) is 1. The molecule has 26 heavy (non-hydrogen) atoms. The maximum Gasteiger partial charge on any atom is 0.265 e. The number of sulfonamides is 1. The third-order valence-electron chi connectivity index (χ3n) is 4.14. The molecule has 0 atom stereocenters. The molecule has 0 saturated carbocycles. The van der Waals surface area contributed by atoms with Crippen molar-refractivity contribution in [2.45, 2.75) is 38.6 Å². The van der Waals surface area contributed by atoms with Gasteiger partial charge in [-0.1, -0.05) is 12.1 Å². The van der Waals surface area contributed by atoms with Crippen LogP contribution in [0.4, 0.5) is 5.69 Å². The van der Waals surface area contributed by atoms with Gasteiger partial charge in [0.2, 0.25) is 0 Å². The molecule has 0 unspecified atom stereocenters. The second kappa shape index (κ2) is 6.56. The molecule has 0 radical (unpaired) electrons. The van der Waals surface area contributed by atoms with E-state index in [2.05, 4.69) is 20.0 Å². The van der Waals surface area contributed by atoms with Gasteiger partial charge in [0.15, 0.2) is 5.82 Å². The van der Waals surface area contributed by atoms with Crippen LogP contribution in [0.3, 0.4) is 0 Å². The van der Waals surface area contributed by atoms with Crippen molar-refractivity contribution >= 4 is 15.7 Å². The van der Waals surface area contributed by atoms with E-state index < -0.39 is 10.0 Å². The molecule has 1 N–H and O–H groups in total. The van der Waals surface area contributed by atoms with Gasteiger partial charge in [-0.25, -0.2) is 8.42 Å². The van der Waals surface area contributed by atoms with Crippen molar-refractivity contribution in [1.29, 1.82) is 0 Å². The number of aryl methyl sites for hydroxylation is 2. The van der Waals surface area contributed by atoms with Gasteiger partial charge in [-0.05, 0) is 39.8 Å². The molecule has 0 bridgehead atoms. The number of anilines is 1. The van der Waals surface area contributed by atoms with Crippen molar-refractivity contribution in [1.82, 2.24) is 24.5 Å². The first-order valence-electron chi connectivity index (χ1n) is 8.24. The number of rotatable bonds is 5. The maximum atomic E-state index is 13.1. The summed E-state index contributed by atoms with van der Waals surface area (Å²) in [6, 6.07) is 7.19. The third-order valence-corrected chi connectivity index (χ3v) is 5.76. The molecule has 138 valence electrons. The molecule has 0 saturated heterocycles. The average molecular weight is 374 g/mol. The van der Waals surface area contributed by atoms with E-state index >= 15 is 0 Å². The molecule has 0 aliphatic heterocycles. The summed E-state index contributed by atoms with van der Waals surface area (Å²) in [7, 11) is -2.00. The van der Waals surface area contributed by atoms with Gasteiger partial charge < -0.3 is 4.57 Å². The van der Waals surface area contributed by atoms with Crippen LogP contribution >= 0.6 is 0 Å². The Labute approximate surface area is 152 Å². The van der Waals surface area contributed by atoms with Crippen LogP contribution in [-0.4, -0.2) is 33.0 Å². The summed E-state index contributed by atoms with van der Waals surface area (Å²) in [6.07, 6.45) is 1.57. The van der Waals surface area contributed by atoms with Crippen molar-refractivity contribution in [2.24, 2.45) is 7.05 Å².